The maximum atomic E-state index is 12.3. The van der Waals surface area contributed by atoms with Gasteiger partial charge in [0.15, 0.2) is 0 Å². The molecule has 0 aliphatic heterocycles. The fourth-order valence-corrected chi connectivity index (χ4v) is 2.52. The topological polar surface area (TPSA) is 95.7 Å². The van der Waals surface area contributed by atoms with E-state index in [1.54, 1.807) is 43.3 Å². The highest BCUT2D eigenvalue weighted by Gasteiger charge is 2.11. The molecule has 0 aliphatic rings. The van der Waals surface area contributed by atoms with Crippen LogP contribution >= 0.6 is 0 Å². The van der Waals surface area contributed by atoms with Crippen LogP contribution < -0.4 is 9.47 Å². The van der Waals surface area contributed by atoms with E-state index in [4.69, 9.17) is 9.47 Å². The minimum Gasteiger partial charge on any atom is -0.427 e. The van der Waals surface area contributed by atoms with Crippen LogP contribution in [0.4, 0.5) is 5.69 Å². The molecule has 3 rings (SSSR count). The Morgan fingerprint density at radius 3 is 1.79 bits per heavy atom. The van der Waals surface area contributed by atoms with Crippen LogP contribution in [0.5, 0.6) is 11.5 Å². The van der Waals surface area contributed by atoms with Gasteiger partial charge in [0.1, 0.15) is 11.5 Å². The van der Waals surface area contributed by atoms with Crippen molar-refractivity contribution in [2.45, 2.75) is 13.3 Å². The van der Waals surface area contributed by atoms with Gasteiger partial charge in [-0.05, 0) is 47.5 Å². The first kappa shape index (κ1) is 19.8. The first-order chi connectivity index (χ1) is 14.0. The monoisotopic (exact) mass is 391 g/mol. The second kappa shape index (κ2) is 8.79. The second-order valence-electron chi connectivity index (χ2n) is 6.07. The van der Waals surface area contributed by atoms with Crippen LogP contribution in [0.2, 0.25) is 0 Å². The van der Waals surface area contributed by atoms with Crippen molar-refractivity contribution in [3.63, 3.8) is 0 Å². The summed E-state index contributed by atoms with van der Waals surface area (Å²) >= 11 is 0. The lowest BCUT2D eigenvalue weighted by Gasteiger charge is -2.07. The number of nitro groups is 1. The van der Waals surface area contributed by atoms with Crippen LogP contribution in [0.1, 0.15) is 23.7 Å². The van der Waals surface area contributed by atoms with Crippen molar-refractivity contribution in [2.75, 3.05) is 0 Å². The number of carbonyl (C=O) groups is 2. The lowest BCUT2D eigenvalue weighted by Crippen LogP contribution is -2.08. The van der Waals surface area contributed by atoms with Crippen LogP contribution in [0.15, 0.2) is 72.8 Å². The zero-order chi connectivity index (χ0) is 20.8. The zero-order valence-corrected chi connectivity index (χ0v) is 15.5. The highest BCUT2D eigenvalue weighted by atomic mass is 16.6. The van der Waals surface area contributed by atoms with E-state index in [0.717, 1.165) is 11.1 Å². The van der Waals surface area contributed by atoms with Crippen LogP contribution in [0.3, 0.4) is 0 Å². The largest absolute Gasteiger partial charge is 0.427 e. The van der Waals surface area contributed by atoms with E-state index in [1.807, 2.05) is 12.1 Å². The molecule has 0 fully saturated rings. The Bertz CT molecular complexity index is 1020. The highest BCUT2D eigenvalue weighted by Crippen LogP contribution is 2.24. The average molecular weight is 391 g/mol. The van der Waals surface area contributed by atoms with Crippen LogP contribution in [0.25, 0.3) is 11.1 Å². The Morgan fingerprint density at radius 1 is 0.793 bits per heavy atom. The molecule has 0 saturated heterocycles. The van der Waals surface area contributed by atoms with Crippen molar-refractivity contribution in [1.29, 1.82) is 0 Å². The molecule has 0 bridgehead atoms. The summed E-state index contributed by atoms with van der Waals surface area (Å²) in [6.07, 6.45) is 0.305. The summed E-state index contributed by atoms with van der Waals surface area (Å²) in [6, 6.07) is 19.2. The summed E-state index contributed by atoms with van der Waals surface area (Å²) in [5, 5.41) is 10.7. The van der Waals surface area contributed by atoms with Crippen molar-refractivity contribution in [1.82, 2.24) is 0 Å². The number of esters is 2. The van der Waals surface area contributed by atoms with Gasteiger partial charge in [0, 0.05) is 18.6 Å². The van der Waals surface area contributed by atoms with Crippen molar-refractivity contribution < 1.29 is 24.0 Å². The number of benzene rings is 3. The summed E-state index contributed by atoms with van der Waals surface area (Å²) in [6.45, 7) is 1.73. The number of carbonyl (C=O) groups excluding carboxylic acids is 2. The van der Waals surface area contributed by atoms with Gasteiger partial charge in [0.05, 0.1) is 10.5 Å². The molecule has 7 heteroatoms. The van der Waals surface area contributed by atoms with Crippen molar-refractivity contribution in [3.05, 3.63) is 88.5 Å². The number of hydrogen-bond acceptors (Lipinski definition) is 6. The van der Waals surface area contributed by atoms with Gasteiger partial charge in [-0.25, -0.2) is 4.79 Å². The molecular formula is C22H17NO6. The fraction of sp³-hybridized carbons (Fsp3) is 0.0909. The lowest BCUT2D eigenvalue weighted by molar-refractivity contribution is -0.384. The summed E-state index contributed by atoms with van der Waals surface area (Å²) in [7, 11) is 0. The molecule has 3 aromatic carbocycles. The number of ether oxygens (including phenoxy) is 2. The van der Waals surface area contributed by atoms with E-state index < -0.39 is 10.9 Å². The third-order valence-electron chi connectivity index (χ3n) is 4.09. The molecule has 0 spiro atoms. The van der Waals surface area contributed by atoms with E-state index in [1.165, 1.54) is 24.3 Å². The van der Waals surface area contributed by atoms with Gasteiger partial charge in [-0.1, -0.05) is 31.2 Å². The SMILES string of the molecule is CCC(=O)Oc1ccc(-c2ccc(C(=O)Oc3ccc([N+](=O)[O-])cc3)cc2)cc1. The molecule has 0 aliphatic carbocycles. The normalized spacial score (nSPS) is 10.2. The quantitative estimate of drug-likeness (QED) is 0.259. The van der Waals surface area contributed by atoms with Gasteiger partial charge in [-0.15, -0.1) is 0 Å². The van der Waals surface area contributed by atoms with Gasteiger partial charge in [0.2, 0.25) is 0 Å². The van der Waals surface area contributed by atoms with E-state index in [-0.39, 0.29) is 17.4 Å². The molecule has 0 unspecified atom stereocenters. The fourth-order valence-electron chi connectivity index (χ4n) is 2.52. The number of nitrogens with zero attached hydrogens (tertiary/aromatic N) is 1. The maximum Gasteiger partial charge on any atom is 0.343 e. The Labute approximate surface area is 166 Å². The lowest BCUT2D eigenvalue weighted by atomic mass is 10.0. The first-order valence-corrected chi connectivity index (χ1v) is 8.84. The molecule has 0 amide bonds. The second-order valence-corrected chi connectivity index (χ2v) is 6.07. The molecular weight excluding hydrogens is 374 g/mol. The third kappa shape index (κ3) is 5.04. The highest BCUT2D eigenvalue weighted by molar-refractivity contribution is 5.91. The third-order valence-corrected chi connectivity index (χ3v) is 4.09. The molecule has 0 aromatic heterocycles. The summed E-state index contributed by atoms with van der Waals surface area (Å²) in [5.41, 5.74) is 2.05. The minimum absolute atomic E-state index is 0.0790. The van der Waals surface area contributed by atoms with Gasteiger partial charge >= 0.3 is 11.9 Å². The van der Waals surface area contributed by atoms with Gasteiger partial charge in [-0.2, -0.15) is 0 Å². The number of rotatable bonds is 6. The Kier molecular flexibility index (Phi) is 5.99. The molecule has 0 N–H and O–H groups in total. The predicted molar refractivity (Wildman–Crippen MR) is 106 cm³/mol. The van der Waals surface area contributed by atoms with Gasteiger partial charge in [0.25, 0.3) is 5.69 Å². The van der Waals surface area contributed by atoms with E-state index in [0.29, 0.717) is 17.7 Å². The minimum atomic E-state index is -0.563. The molecule has 29 heavy (non-hydrogen) atoms. The first-order valence-electron chi connectivity index (χ1n) is 8.84. The molecule has 7 nitrogen and oxygen atoms in total. The van der Waals surface area contributed by atoms with Crippen molar-refractivity contribution in [3.8, 4) is 22.6 Å². The van der Waals surface area contributed by atoms with Crippen LogP contribution in [0, 0.1) is 10.1 Å². The van der Waals surface area contributed by atoms with Gasteiger partial charge in [-0.3, -0.25) is 14.9 Å². The zero-order valence-electron chi connectivity index (χ0n) is 15.5. The van der Waals surface area contributed by atoms with Crippen molar-refractivity contribution >= 4 is 17.6 Å². The van der Waals surface area contributed by atoms with E-state index >= 15 is 0 Å². The summed E-state index contributed by atoms with van der Waals surface area (Å²) in [5.74, 6) is -0.161. The summed E-state index contributed by atoms with van der Waals surface area (Å²) < 4.78 is 10.4. The van der Waals surface area contributed by atoms with Crippen molar-refractivity contribution in [2.24, 2.45) is 0 Å². The van der Waals surface area contributed by atoms with Crippen LogP contribution in [-0.2, 0) is 4.79 Å². The van der Waals surface area contributed by atoms with E-state index in [9.17, 15) is 19.7 Å². The molecule has 146 valence electrons. The predicted octanol–water partition coefficient (Wildman–Crippen LogP) is 4.80. The van der Waals surface area contributed by atoms with Crippen LogP contribution in [-0.4, -0.2) is 16.9 Å². The smallest absolute Gasteiger partial charge is 0.343 e. The maximum absolute atomic E-state index is 12.3. The van der Waals surface area contributed by atoms with E-state index in [2.05, 4.69) is 0 Å². The average Bonchev–Trinajstić information content (AvgIpc) is 2.74. The van der Waals surface area contributed by atoms with Gasteiger partial charge < -0.3 is 9.47 Å². The Balaban J connectivity index is 1.66. The number of hydrogen-bond donors (Lipinski definition) is 0. The number of nitro benzene ring substituents is 1. The number of non-ortho nitro benzene ring substituents is 1. The molecule has 0 radical (unpaired) electrons. The molecule has 0 saturated carbocycles. The molecule has 0 heterocycles. The molecule has 0 atom stereocenters. The Morgan fingerprint density at radius 2 is 1.28 bits per heavy atom. The standard InChI is InChI=1S/C22H17NO6/c1-2-21(24)28-19-11-7-16(8-12-19)15-3-5-17(6-4-15)22(25)29-20-13-9-18(10-14-20)23(26)27/h3-14H,2H2,1H3. The molecule has 3 aromatic rings. The summed E-state index contributed by atoms with van der Waals surface area (Å²) in [4.78, 5) is 33.7. The Hall–Kier alpha value is -4.00.